The summed E-state index contributed by atoms with van der Waals surface area (Å²) in [5, 5.41) is 8.50. The lowest BCUT2D eigenvalue weighted by Crippen LogP contribution is -2.11. The minimum atomic E-state index is -0.0939. The van der Waals surface area contributed by atoms with Gasteiger partial charge in [-0.25, -0.2) is 4.98 Å². The highest BCUT2D eigenvalue weighted by Gasteiger charge is 2.25. The van der Waals surface area contributed by atoms with Crippen molar-refractivity contribution in [2.45, 2.75) is 46.2 Å². The highest BCUT2D eigenvalue weighted by molar-refractivity contribution is 5.78. The zero-order valence-corrected chi connectivity index (χ0v) is 16.6. The molecule has 0 fully saturated rings. The Kier molecular flexibility index (Phi) is 4.81. The molecule has 0 aliphatic rings. The van der Waals surface area contributed by atoms with E-state index in [0.29, 0.717) is 11.7 Å². The van der Waals surface area contributed by atoms with E-state index < -0.39 is 0 Å². The third-order valence-electron chi connectivity index (χ3n) is 4.80. The topological polar surface area (TPSA) is 74.6 Å². The van der Waals surface area contributed by atoms with Crippen molar-refractivity contribution in [3.8, 4) is 22.5 Å². The van der Waals surface area contributed by atoms with Gasteiger partial charge in [0.05, 0.1) is 23.9 Å². The first-order valence-electron chi connectivity index (χ1n) is 9.55. The fraction of sp³-hybridized carbons (Fsp3) is 0.333. The van der Waals surface area contributed by atoms with Gasteiger partial charge in [-0.15, -0.1) is 0 Å². The summed E-state index contributed by atoms with van der Waals surface area (Å²) < 4.78 is 9.57. The second-order valence-electron chi connectivity index (χ2n) is 7.12. The molecule has 0 N–H and O–H groups in total. The lowest BCUT2D eigenvalue weighted by molar-refractivity contribution is 0.331. The molecule has 0 aliphatic heterocycles. The predicted molar refractivity (Wildman–Crippen MR) is 107 cm³/mol. The van der Waals surface area contributed by atoms with Gasteiger partial charge in [-0.2, -0.15) is 10.1 Å². The van der Waals surface area contributed by atoms with Crippen molar-refractivity contribution in [2.24, 2.45) is 0 Å². The summed E-state index contributed by atoms with van der Waals surface area (Å²) in [4.78, 5) is 9.22. The zero-order chi connectivity index (χ0) is 19.7. The van der Waals surface area contributed by atoms with Crippen LogP contribution in [0.3, 0.4) is 0 Å². The van der Waals surface area contributed by atoms with Crippen LogP contribution in [-0.2, 0) is 0 Å². The number of aromatic nitrogens is 6. The molecule has 0 saturated carbocycles. The van der Waals surface area contributed by atoms with Crippen molar-refractivity contribution in [3.05, 3.63) is 60.8 Å². The number of benzene rings is 1. The van der Waals surface area contributed by atoms with Crippen LogP contribution in [0.2, 0.25) is 0 Å². The van der Waals surface area contributed by atoms with Crippen LogP contribution in [0, 0.1) is 6.92 Å². The SMILES string of the molecule is CC[C@@H](c1nc(C)no1)n1cnc(-c2ccccc2)c1-c1cnn(C(C)C)c1. The van der Waals surface area contributed by atoms with E-state index in [4.69, 9.17) is 9.51 Å². The number of aryl methyl sites for hydroxylation is 1. The van der Waals surface area contributed by atoms with Crippen LogP contribution < -0.4 is 0 Å². The number of hydrogen-bond acceptors (Lipinski definition) is 5. The van der Waals surface area contributed by atoms with E-state index in [2.05, 4.69) is 58.9 Å². The fourth-order valence-corrected chi connectivity index (χ4v) is 3.37. The van der Waals surface area contributed by atoms with Gasteiger partial charge in [-0.05, 0) is 27.2 Å². The fourth-order valence-electron chi connectivity index (χ4n) is 3.37. The molecule has 28 heavy (non-hydrogen) atoms. The van der Waals surface area contributed by atoms with Crippen LogP contribution in [0.25, 0.3) is 22.5 Å². The van der Waals surface area contributed by atoms with E-state index in [9.17, 15) is 0 Å². The van der Waals surface area contributed by atoms with Gasteiger partial charge in [0.2, 0.25) is 5.89 Å². The summed E-state index contributed by atoms with van der Waals surface area (Å²) >= 11 is 0. The Morgan fingerprint density at radius 1 is 1.11 bits per heavy atom. The molecule has 3 aromatic heterocycles. The minimum Gasteiger partial charge on any atom is -0.337 e. The lowest BCUT2D eigenvalue weighted by atomic mass is 10.1. The Labute approximate surface area is 164 Å². The second-order valence-corrected chi connectivity index (χ2v) is 7.12. The van der Waals surface area contributed by atoms with Crippen molar-refractivity contribution < 1.29 is 4.52 Å². The van der Waals surface area contributed by atoms with Crippen molar-refractivity contribution in [1.82, 2.24) is 29.5 Å². The Balaban J connectivity index is 1.90. The van der Waals surface area contributed by atoms with E-state index >= 15 is 0 Å². The van der Waals surface area contributed by atoms with E-state index in [0.717, 1.165) is 28.9 Å². The van der Waals surface area contributed by atoms with Crippen molar-refractivity contribution in [1.29, 1.82) is 0 Å². The van der Waals surface area contributed by atoms with Gasteiger partial charge in [0.15, 0.2) is 5.82 Å². The molecule has 7 heteroatoms. The Morgan fingerprint density at radius 3 is 2.50 bits per heavy atom. The van der Waals surface area contributed by atoms with E-state index in [1.807, 2.05) is 42.3 Å². The van der Waals surface area contributed by atoms with Gasteiger partial charge in [0.25, 0.3) is 0 Å². The Hall–Kier alpha value is -3.22. The number of imidazole rings is 1. The lowest BCUT2D eigenvalue weighted by Gasteiger charge is -2.16. The summed E-state index contributed by atoms with van der Waals surface area (Å²) in [5.41, 5.74) is 3.99. The van der Waals surface area contributed by atoms with Crippen molar-refractivity contribution >= 4 is 0 Å². The molecule has 0 saturated heterocycles. The largest absolute Gasteiger partial charge is 0.337 e. The van der Waals surface area contributed by atoms with Crippen LogP contribution in [0.4, 0.5) is 0 Å². The molecular formula is C21H24N6O. The predicted octanol–water partition coefficient (Wildman–Crippen LogP) is 4.69. The van der Waals surface area contributed by atoms with Gasteiger partial charge >= 0.3 is 0 Å². The zero-order valence-electron chi connectivity index (χ0n) is 16.6. The molecule has 0 bridgehead atoms. The monoisotopic (exact) mass is 376 g/mol. The molecule has 1 atom stereocenters. The smallest absolute Gasteiger partial charge is 0.249 e. The Bertz CT molecular complexity index is 1060. The first kappa shape index (κ1) is 18.2. The number of hydrogen-bond donors (Lipinski definition) is 0. The number of rotatable bonds is 6. The average Bonchev–Trinajstić information content (AvgIpc) is 3.43. The minimum absolute atomic E-state index is 0.0939. The average molecular weight is 376 g/mol. The molecule has 0 aliphatic carbocycles. The normalized spacial score (nSPS) is 12.6. The molecule has 0 amide bonds. The molecule has 1 aromatic carbocycles. The van der Waals surface area contributed by atoms with E-state index in [1.165, 1.54) is 0 Å². The molecule has 4 aromatic rings. The Morgan fingerprint density at radius 2 is 1.89 bits per heavy atom. The maximum atomic E-state index is 5.49. The van der Waals surface area contributed by atoms with E-state index in [1.54, 1.807) is 0 Å². The van der Waals surface area contributed by atoms with Gasteiger partial charge in [-0.1, -0.05) is 42.4 Å². The third-order valence-corrected chi connectivity index (χ3v) is 4.80. The third kappa shape index (κ3) is 3.24. The standard InChI is InChI=1S/C21H24N6O/c1-5-18(21-24-15(4)25-28-21)26-13-22-19(16-9-7-6-8-10-16)20(26)17-11-23-27(12-17)14(2)3/h6-14,18H,5H2,1-4H3/t18-/m0/s1. The molecule has 0 spiro atoms. The van der Waals surface area contributed by atoms with Crippen LogP contribution in [0.15, 0.2) is 53.6 Å². The molecule has 144 valence electrons. The molecule has 3 heterocycles. The van der Waals surface area contributed by atoms with Crippen LogP contribution in [-0.4, -0.2) is 29.5 Å². The summed E-state index contributed by atoms with van der Waals surface area (Å²) in [6.45, 7) is 8.16. The maximum absolute atomic E-state index is 5.49. The van der Waals surface area contributed by atoms with Gasteiger partial charge in [-0.3, -0.25) is 4.68 Å². The second kappa shape index (κ2) is 7.42. The highest BCUT2D eigenvalue weighted by atomic mass is 16.5. The van der Waals surface area contributed by atoms with E-state index in [-0.39, 0.29) is 12.1 Å². The summed E-state index contributed by atoms with van der Waals surface area (Å²) in [7, 11) is 0. The van der Waals surface area contributed by atoms with Crippen LogP contribution in [0.5, 0.6) is 0 Å². The molecule has 0 unspecified atom stereocenters. The maximum Gasteiger partial charge on any atom is 0.249 e. The highest BCUT2D eigenvalue weighted by Crippen LogP contribution is 2.35. The first-order chi connectivity index (χ1) is 13.6. The van der Waals surface area contributed by atoms with Crippen molar-refractivity contribution in [3.63, 3.8) is 0 Å². The van der Waals surface area contributed by atoms with Crippen molar-refractivity contribution in [2.75, 3.05) is 0 Å². The van der Waals surface area contributed by atoms with Gasteiger partial charge in [0, 0.05) is 23.4 Å². The quantitative estimate of drug-likeness (QED) is 0.488. The molecular weight excluding hydrogens is 352 g/mol. The van der Waals surface area contributed by atoms with Gasteiger partial charge in [0.1, 0.15) is 6.04 Å². The molecule has 4 rings (SSSR count). The molecule has 7 nitrogen and oxygen atoms in total. The summed E-state index contributed by atoms with van der Waals surface area (Å²) in [6.07, 6.45) is 6.62. The van der Waals surface area contributed by atoms with Crippen LogP contribution in [0.1, 0.15) is 51.0 Å². The van der Waals surface area contributed by atoms with Crippen LogP contribution >= 0.6 is 0 Å². The molecule has 0 radical (unpaired) electrons. The summed E-state index contributed by atoms with van der Waals surface area (Å²) in [5.74, 6) is 1.22. The summed E-state index contributed by atoms with van der Waals surface area (Å²) in [6, 6.07) is 10.4. The number of nitrogens with zero attached hydrogens (tertiary/aromatic N) is 6. The first-order valence-corrected chi connectivity index (χ1v) is 9.55. The van der Waals surface area contributed by atoms with Gasteiger partial charge < -0.3 is 9.09 Å².